The van der Waals surface area contributed by atoms with Gasteiger partial charge in [-0.1, -0.05) is 23.7 Å². The van der Waals surface area contributed by atoms with Crippen molar-refractivity contribution < 1.29 is 13.2 Å². The molecular formula is C12H7ClF3N. The molecule has 0 saturated heterocycles. The second-order valence-electron chi connectivity index (χ2n) is 3.43. The maximum Gasteiger partial charge on any atom is 0.417 e. The van der Waals surface area contributed by atoms with Crippen LogP contribution >= 0.6 is 11.6 Å². The molecule has 0 unspecified atom stereocenters. The molecule has 2 aromatic rings. The molecule has 0 aliphatic carbocycles. The highest BCUT2D eigenvalue weighted by Crippen LogP contribution is 2.36. The Bertz CT molecular complexity index is 523. The number of halogens is 4. The molecule has 0 atom stereocenters. The Morgan fingerprint density at radius 2 is 1.82 bits per heavy atom. The molecule has 2 rings (SSSR count). The summed E-state index contributed by atoms with van der Waals surface area (Å²) in [5.74, 6) is 0. The van der Waals surface area contributed by atoms with Crippen LogP contribution in [0.3, 0.4) is 0 Å². The van der Waals surface area contributed by atoms with Gasteiger partial charge in [-0.3, -0.25) is 4.98 Å². The molecule has 88 valence electrons. The number of hydrogen-bond donors (Lipinski definition) is 0. The number of rotatable bonds is 1. The van der Waals surface area contributed by atoms with E-state index in [2.05, 4.69) is 4.98 Å². The summed E-state index contributed by atoms with van der Waals surface area (Å²) in [6.45, 7) is 0. The molecule has 1 aromatic carbocycles. The quantitative estimate of drug-likeness (QED) is 0.737. The van der Waals surface area contributed by atoms with Crippen molar-refractivity contribution in [3.05, 3.63) is 53.3 Å². The molecule has 0 fully saturated rings. The van der Waals surface area contributed by atoms with Gasteiger partial charge in [-0.05, 0) is 23.8 Å². The lowest BCUT2D eigenvalue weighted by Gasteiger charge is -2.10. The van der Waals surface area contributed by atoms with E-state index in [-0.39, 0.29) is 5.02 Å². The minimum absolute atomic E-state index is 0.301. The van der Waals surface area contributed by atoms with Crippen LogP contribution in [0.2, 0.25) is 5.02 Å². The van der Waals surface area contributed by atoms with Gasteiger partial charge in [-0.2, -0.15) is 13.2 Å². The first-order valence-corrected chi connectivity index (χ1v) is 5.13. The molecule has 5 heteroatoms. The average Bonchev–Trinajstić information content (AvgIpc) is 2.29. The van der Waals surface area contributed by atoms with Crippen LogP contribution in [0.4, 0.5) is 13.2 Å². The van der Waals surface area contributed by atoms with Gasteiger partial charge >= 0.3 is 6.18 Å². The van der Waals surface area contributed by atoms with Crippen LogP contribution < -0.4 is 0 Å². The number of benzene rings is 1. The van der Waals surface area contributed by atoms with Gasteiger partial charge in [0.1, 0.15) is 0 Å². The van der Waals surface area contributed by atoms with E-state index in [0.29, 0.717) is 11.1 Å². The highest BCUT2D eigenvalue weighted by molar-refractivity contribution is 6.31. The van der Waals surface area contributed by atoms with E-state index in [1.165, 1.54) is 18.3 Å². The van der Waals surface area contributed by atoms with Crippen LogP contribution in [0, 0.1) is 0 Å². The Labute approximate surface area is 101 Å². The van der Waals surface area contributed by atoms with Crippen LogP contribution in [0.25, 0.3) is 11.1 Å². The molecule has 0 N–H and O–H groups in total. The van der Waals surface area contributed by atoms with Crippen molar-refractivity contribution >= 4 is 11.6 Å². The van der Waals surface area contributed by atoms with Crippen molar-refractivity contribution in [1.82, 2.24) is 4.98 Å². The normalized spacial score (nSPS) is 11.5. The highest BCUT2D eigenvalue weighted by Gasteiger charge is 2.33. The maximum absolute atomic E-state index is 12.6. The summed E-state index contributed by atoms with van der Waals surface area (Å²) in [6, 6.07) is 7.16. The van der Waals surface area contributed by atoms with E-state index < -0.39 is 11.7 Å². The predicted molar refractivity (Wildman–Crippen MR) is 59.7 cm³/mol. The SMILES string of the molecule is FC(F)(F)c1cc(-c2cccnc2)ccc1Cl. The fourth-order valence-electron chi connectivity index (χ4n) is 1.46. The Morgan fingerprint density at radius 3 is 2.41 bits per heavy atom. The first-order valence-electron chi connectivity index (χ1n) is 4.75. The third-order valence-corrected chi connectivity index (χ3v) is 2.60. The third kappa shape index (κ3) is 2.58. The van der Waals surface area contributed by atoms with E-state index in [1.54, 1.807) is 18.3 Å². The summed E-state index contributed by atoms with van der Waals surface area (Å²) in [5.41, 5.74) is 0.227. The van der Waals surface area contributed by atoms with Crippen molar-refractivity contribution in [3.63, 3.8) is 0 Å². The van der Waals surface area contributed by atoms with Gasteiger partial charge in [0.2, 0.25) is 0 Å². The average molecular weight is 258 g/mol. The number of alkyl halides is 3. The van der Waals surface area contributed by atoms with E-state index in [1.807, 2.05) is 0 Å². The van der Waals surface area contributed by atoms with Gasteiger partial charge in [-0.25, -0.2) is 0 Å². The van der Waals surface area contributed by atoms with E-state index >= 15 is 0 Å². The van der Waals surface area contributed by atoms with Crippen molar-refractivity contribution in [1.29, 1.82) is 0 Å². The molecule has 0 amide bonds. The molecule has 0 spiro atoms. The zero-order valence-corrected chi connectivity index (χ0v) is 9.26. The molecule has 1 nitrogen and oxygen atoms in total. The molecule has 1 heterocycles. The summed E-state index contributed by atoms with van der Waals surface area (Å²) in [6.07, 6.45) is -1.39. The van der Waals surface area contributed by atoms with Crippen LogP contribution in [-0.2, 0) is 6.18 Å². The second kappa shape index (κ2) is 4.37. The topological polar surface area (TPSA) is 12.9 Å². The van der Waals surface area contributed by atoms with Crippen LogP contribution in [0.15, 0.2) is 42.7 Å². The van der Waals surface area contributed by atoms with Crippen molar-refractivity contribution in [2.75, 3.05) is 0 Å². The van der Waals surface area contributed by atoms with Gasteiger partial charge in [-0.15, -0.1) is 0 Å². The largest absolute Gasteiger partial charge is 0.417 e. The van der Waals surface area contributed by atoms with Gasteiger partial charge in [0.15, 0.2) is 0 Å². The number of hydrogen-bond acceptors (Lipinski definition) is 1. The maximum atomic E-state index is 12.6. The van der Waals surface area contributed by atoms with Crippen LogP contribution in [0.1, 0.15) is 5.56 Å². The lowest BCUT2D eigenvalue weighted by Crippen LogP contribution is -2.05. The summed E-state index contributed by atoms with van der Waals surface area (Å²) >= 11 is 5.53. The van der Waals surface area contributed by atoms with E-state index in [0.717, 1.165) is 6.07 Å². The number of pyridine rings is 1. The van der Waals surface area contributed by atoms with Crippen LogP contribution in [0.5, 0.6) is 0 Å². The molecule has 0 radical (unpaired) electrons. The van der Waals surface area contributed by atoms with E-state index in [9.17, 15) is 13.2 Å². The molecule has 17 heavy (non-hydrogen) atoms. The number of nitrogens with zero attached hydrogens (tertiary/aromatic N) is 1. The summed E-state index contributed by atoms with van der Waals surface area (Å²) in [5, 5.41) is -0.301. The lowest BCUT2D eigenvalue weighted by molar-refractivity contribution is -0.137. The van der Waals surface area contributed by atoms with Crippen molar-refractivity contribution in [3.8, 4) is 11.1 Å². The zero-order chi connectivity index (χ0) is 12.5. The first-order chi connectivity index (χ1) is 7.98. The molecular weight excluding hydrogens is 251 g/mol. The summed E-state index contributed by atoms with van der Waals surface area (Å²) < 4.78 is 37.9. The predicted octanol–water partition coefficient (Wildman–Crippen LogP) is 4.42. The molecule has 0 bridgehead atoms. The highest BCUT2D eigenvalue weighted by atomic mass is 35.5. The standard InChI is InChI=1S/C12H7ClF3N/c13-11-4-3-8(6-10(11)12(14,15)16)9-2-1-5-17-7-9/h1-7H. The Balaban J connectivity index is 2.53. The second-order valence-corrected chi connectivity index (χ2v) is 3.84. The molecule has 1 aromatic heterocycles. The smallest absolute Gasteiger partial charge is 0.264 e. The lowest BCUT2D eigenvalue weighted by atomic mass is 10.0. The summed E-state index contributed by atoms with van der Waals surface area (Å²) in [7, 11) is 0. The monoisotopic (exact) mass is 257 g/mol. The fraction of sp³-hybridized carbons (Fsp3) is 0.0833. The molecule has 0 aliphatic rings. The van der Waals surface area contributed by atoms with Gasteiger partial charge in [0, 0.05) is 18.0 Å². The van der Waals surface area contributed by atoms with Crippen molar-refractivity contribution in [2.45, 2.75) is 6.18 Å². The fourth-order valence-corrected chi connectivity index (χ4v) is 1.68. The Kier molecular flexibility index (Phi) is 3.07. The molecule has 0 saturated carbocycles. The van der Waals surface area contributed by atoms with Gasteiger partial charge in [0.05, 0.1) is 10.6 Å². The van der Waals surface area contributed by atoms with Crippen molar-refractivity contribution in [2.24, 2.45) is 0 Å². The Hall–Kier alpha value is -1.55. The van der Waals surface area contributed by atoms with Gasteiger partial charge < -0.3 is 0 Å². The van der Waals surface area contributed by atoms with E-state index in [4.69, 9.17) is 11.6 Å². The minimum atomic E-state index is -4.45. The third-order valence-electron chi connectivity index (χ3n) is 2.27. The first kappa shape index (κ1) is 11.9. The van der Waals surface area contributed by atoms with Gasteiger partial charge in [0.25, 0.3) is 0 Å². The number of aromatic nitrogens is 1. The van der Waals surface area contributed by atoms with Crippen LogP contribution in [-0.4, -0.2) is 4.98 Å². The molecule has 0 aliphatic heterocycles. The summed E-state index contributed by atoms with van der Waals surface area (Å²) in [4.78, 5) is 3.86. The minimum Gasteiger partial charge on any atom is -0.264 e. The zero-order valence-electron chi connectivity index (χ0n) is 8.50. The Morgan fingerprint density at radius 1 is 1.06 bits per heavy atom.